The third-order valence-electron chi connectivity index (χ3n) is 4.07. The fraction of sp³-hybridized carbons (Fsp3) is 0.238. The Labute approximate surface area is 158 Å². The minimum Gasteiger partial charge on any atom is -0.493 e. The summed E-state index contributed by atoms with van der Waals surface area (Å²) in [6, 6.07) is 19.1. The van der Waals surface area contributed by atoms with Gasteiger partial charge in [0, 0.05) is 6.07 Å². The number of anilines is 1. The fourth-order valence-electron chi connectivity index (χ4n) is 2.71. The van der Waals surface area contributed by atoms with Gasteiger partial charge in [-0.05, 0) is 31.5 Å². The van der Waals surface area contributed by atoms with E-state index in [1.54, 1.807) is 30.8 Å². The van der Waals surface area contributed by atoms with Gasteiger partial charge in [0.2, 0.25) is 0 Å². The molecular weight excluding hydrogens is 342 g/mol. The summed E-state index contributed by atoms with van der Waals surface area (Å²) < 4.78 is 12.8. The summed E-state index contributed by atoms with van der Waals surface area (Å²) in [4.78, 5) is 12.6. The molecule has 0 aliphatic heterocycles. The van der Waals surface area contributed by atoms with Gasteiger partial charge in [-0.1, -0.05) is 42.5 Å². The maximum Gasteiger partial charge on any atom is 0.266 e. The van der Waals surface area contributed by atoms with Gasteiger partial charge < -0.3 is 14.8 Å². The highest BCUT2D eigenvalue weighted by molar-refractivity contribution is 5.93. The predicted molar refractivity (Wildman–Crippen MR) is 104 cm³/mol. The highest BCUT2D eigenvalue weighted by atomic mass is 16.5. The maximum absolute atomic E-state index is 12.6. The van der Waals surface area contributed by atoms with Crippen molar-refractivity contribution in [1.29, 1.82) is 0 Å². The molecule has 6 nitrogen and oxygen atoms in total. The molecule has 3 aromatic rings. The minimum absolute atomic E-state index is 0.255. The molecule has 0 aliphatic rings. The van der Waals surface area contributed by atoms with Gasteiger partial charge in [0.1, 0.15) is 5.82 Å². The van der Waals surface area contributed by atoms with Gasteiger partial charge >= 0.3 is 0 Å². The van der Waals surface area contributed by atoms with Gasteiger partial charge in [0.05, 0.1) is 19.3 Å². The second kappa shape index (κ2) is 8.40. The van der Waals surface area contributed by atoms with Crippen molar-refractivity contribution in [3.8, 4) is 11.5 Å². The zero-order chi connectivity index (χ0) is 19.2. The number of nitrogens with zero attached hydrogens (tertiary/aromatic N) is 2. The Bertz CT molecular complexity index is 906. The molecule has 1 amide bonds. The number of amides is 1. The van der Waals surface area contributed by atoms with E-state index in [9.17, 15) is 4.79 Å². The first-order valence-corrected chi connectivity index (χ1v) is 8.75. The van der Waals surface area contributed by atoms with Crippen molar-refractivity contribution in [3.63, 3.8) is 0 Å². The predicted octanol–water partition coefficient (Wildman–Crippen LogP) is 3.65. The van der Waals surface area contributed by atoms with Gasteiger partial charge in [-0.15, -0.1) is 0 Å². The van der Waals surface area contributed by atoms with Crippen LogP contribution < -0.4 is 14.8 Å². The molecule has 0 spiro atoms. The first-order chi connectivity index (χ1) is 13.1. The number of hydrogen-bond donors (Lipinski definition) is 1. The van der Waals surface area contributed by atoms with Crippen molar-refractivity contribution in [2.24, 2.45) is 0 Å². The van der Waals surface area contributed by atoms with E-state index in [2.05, 4.69) is 10.4 Å². The second-order valence-electron chi connectivity index (χ2n) is 6.21. The van der Waals surface area contributed by atoms with E-state index in [1.807, 2.05) is 55.5 Å². The average Bonchev–Trinajstić information content (AvgIpc) is 3.01. The molecule has 1 N–H and O–H groups in total. The number of methoxy groups -OCH3 is 1. The van der Waals surface area contributed by atoms with Crippen LogP contribution in [0.5, 0.6) is 11.5 Å². The Morgan fingerprint density at radius 3 is 2.48 bits per heavy atom. The molecule has 0 fully saturated rings. The van der Waals surface area contributed by atoms with Crippen molar-refractivity contribution >= 4 is 11.7 Å². The van der Waals surface area contributed by atoms with Gasteiger partial charge in [0.25, 0.3) is 5.91 Å². The minimum atomic E-state index is -0.693. The van der Waals surface area contributed by atoms with Crippen molar-refractivity contribution in [1.82, 2.24) is 9.78 Å². The summed E-state index contributed by atoms with van der Waals surface area (Å²) in [6.45, 7) is 4.17. The zero-order valence-corrected chi connectivity index (χ0v) is 15.7. The molecule has 0 saturated heterocycles. The van der Waals surface area contributed by atoms with Crippen LogP contribution >= 0.6 is 0 Å². The molecule has 6 heteroatoms. The smallest absolute Gasteiger partial charge is 0.266 e. The average molecular weight is 365 g/mol. The zero-order valence-electron chi connectivity index (χ0n) is 15.7. The molecule has 0 aliphatic carbocycles. The van der Waals surface area contributed by atoms with Crippen LogP contribution in [-0.4, -0.2) is 28.9 Å². The molecular formula is C21H23N3O3. The van der Waals surface area contributed by atoms with E-state index in [0.717, 1.165) is 11.3 Å². The number of rotatable bonds is 7. The van der Waals surface area contributed by atoms with Crippen LogP contribution in [0.3, 0.4) is 0 Å². The van der Waals surface area contributed by atoms with E-state index in [-0.39, 0.29) is 5.91 Å². The van der Waals surface area contributed by atoms with Crippen LogP contribution in [0.1, 0.15) is 18.2 Å². The van der Waals surface area contributed by atoms with Gasteiger partial charge in [-0.3, -0.25) is 4.79 Å². The lowest BCUT2D eigenvalue weighted by atomic mass is 10.2. The molecule has 0 saturated carbocycles. The number of ether oxygens (including phenoxy) is 2. The maximum atomic E-state index is 12.6. The first-order valence-electron chi connectivity index (χ1n) is 8.75. The van der Waals surface area contributed by atoms with E-state index >= 15 is 0 Å². The van der Waals surface area contributed by atoms with Gasteiger partial charge in [-0.2, -0.15) is 5.10 Å². The summed E-state index contributed by atoms with van der Waals surface area (Å²) >= 11 is 0. The first kappa shape index (κ1) is 18.5. The standard InChI is InChI=1S/C21H23N3O3/c1-15-13-20(24(23-15)14-17-9-5-4-6-10-17)22-21(25)16(2)27-19-12-8-7-11-18(19)26-3/h4-13,16H,14H2,1-3H3,(H,22,25). The Morgan fingerprint density at radius 1 is 1.11 bits per heavy atom. The molecule has 27 heavy (non-hydrogen) atoms. The van der Waals surface area contributed by atoms with Crippen LogP contribution in [0.2, 0.25) is 0 Å². The molecule has 0 radical (unpaired) electrons. The molecule has 1 atom stereocenters. The third kappa shape index (κ3) is 4.67. The fourth-order valence-corrected chi connectivity index (χ4v) is 2.71. The van der Waals surface area contributed by atoms with Crippen molar-refractivity contribution < 1.29 is 14.3 Å². The van der Waals surface area contributed by atoms with Crippen LogP contribution in [0.15, 0.2) is 60.7 Å². The van der Waals surface area contributed by atoms with E-state index in [1.165, 1.54) is 0 Å². The van der Waals surface area contributed by atoms with Crippen molar-refractivity contribution in [2.45, 2.75) is 26.5 Å². The lowest BCUT2D eigenvalue weighted by Crippen LogP contribution is -2.31. The highest BCUT2D eigenvalue weighted by Gasteiger charge is 2.19. The van der Waals surface area contributed by atoms with Crippen LogP contribution in [0.25, 0.3) is 0 Å². The highest BCUT2D eigenvalue weighted by Crippen LogP contribution is 2.27. The molecule has 2 aromatic carbocycles. The van der Waals surface area contributed by atoms with Crippen LogP contribution in [-0.2, 0) is 11.3 Å². The van der Waals surface area contributed by atoms with Gasteiger partial charge in [0.15, 0.2) is 17.6 Å². The van der Waals surface area contributed by atoms with Crippen LogP contribution in [0, 0.1) is 6.92 Å². The number of benzene rings is 2. The Morgan fingerprint density at radius 2 is 1.78 bits per heavy atom. The molecule has 1 heterocycles. The number of para-hydroxylation sites is 2. The Balaban J connectivity index is 1.70. The number of hydrogen-bond acceptors (Lipinski definition) is 4. The molecule has 3 rings (SSSR count). The van der Waals surface area contributed by atoms with E-state index in [4.69, 9.17) is 9.47 Å². The summed E-state index contributed by atoms with van der Waals surface area (Å²) in [5, 5.41) is 7.38. The second-order valence-corrected chi connectivity index (χ2v) is 6.21. The normalized spacial score (nSPS) is 11.7. The third-order valence-corrected chi connectivity index (χ3v) is 4.07. The van der Waals surface area contributed by atoms with Crippen molar-refractivity contribution in [2.75, 3.05) is 12.4 Å². The molecule has 140 valence electrons. The summed E-state index contributed by atoms with van der Waals surface area (Å²) in [6.07, 6.45) is -0.693. The number of nitrogens with one attached hydrogen (secondary N) is 1. The summed E-state index contributed by atoms with van der Waals surface area (Å²) in [5.74, 6) is 1.49. The number of carbonyl (C=O) groups excluding carboxylic acids is 1. The van der Waals surface area contributed by atoms with Crippen molar-refractivity contribution in [3.05, 3.63) is 71.9 Å². The number of carbonyl (C=O) groups is 1. The molecule has 1 aromatic heterocycles. The quantitative estimate of drug-likeness (QED) is 0.694. The molecule has 0 bridgehead atoms. The Kier molecular flexibility index (Phi) is 5.76. The topological polar surface area (TPSA) is 65.4 Å². The van der Waals surface area contributed by atoms with Gasteiger partial charge in [-0.25, -0.2) is 4.68 Å². The number of aromatic nitrogens is 2. The summed E-state index contributed by atoms with van der Waals surface area (Å²) in [7, 11) is 1.57. The van der Waals surface area contributed by atoms with Crippen LogP contribution in [0.4, 0.5) is 5.82 Å². The lowest BCUT2D eigenvalue weighted by Gasteiger charge is -2.17. The van der Waals surface area contributed by atoms with E-state index < -0.39 is 6.10 Å². The Hall–Kier alpha value is -3.28. The monoisotopic (exact) mass is 365 g/mol. The molecule has 1 unspecified atom stereocenters. The SMILES string of the molecule is COc1ccccc1OC(C)C(=O)Nc1cc(C)nn1Cc1ccccc1. The largest absolute Gasteiger partial charge is 0.493 e. The summed E-state index contributed by atoms with van der Waals surface area (Å²) in [5.41, 5.74) is 1.94. The lowest BCUT2D eigenvalue weighted by molar-refractivity contribution is -0.122. The van der Waals surface area contributed by atoms with E-state index in [0.29, 0.717) is 23.9 Å². The number of aryl methyl sites for hydroxylation is 1.